The Hall–Kier alpha value is -2.87. The Balaban J connectivity index is 0.000000823. The van der Waals surface area contributed by atoms with Crippen LogP contribution in [0.3, 0.4) is 0 Å². The Morgan fingerprint density at radius 1 is 1.16 bits per heavy atom. The van der Waals surface area contributed by atoms with Gasteiger partial charge in [-0.2, -0.15) is 0 Å². The number of aryl methyl sites for hydroxylation is 2. The minimum Gasteiger partial charge on any atom is -0.502 e. The van der Waals surface area contributed by atoms with Crippen LogP contribution in [0, 0.1) is 13.8 Å². The Kier molecular flexibility index (Phi) is 11.1. The molecule has 1 aromatic carbocycles. The van der Waals surface area contributed by atoms with Crippen molar-refractivity contribution in [1.29, 1.82) is 0 Å². The van der Waals surface area contributed by atoms with Gasteiger partial charge in [-0.3, -0.25) is 4.79 Å². The van der Waals surface area contributed by atoms with Crippen LogP contribution in [0.2, 0.25) is 0 Å². The lowest BCUT2D eigenvalue weighted by molar-refractivity contribution is -0.159. The third-order valence-corrected chi connectivity index (χ3v) is 2.99. The van der Waals surface area contributed by atoms with E-state index in [2.05, 4.69) is 17.2 Å². The van der Waals surface area contributed by atoms with E-state index < -0.39 is 11.9 Å². The van der Waals surface area contributed by atoms with Crippen LogP contribution >= 0.6 is 0 Å². The molecule has 0 saturated heterocycles. The number of aliphatic carboxylic acids is 2. The van der Waals surface area contributed by atoms with Gasteiger partial charge < -0.3 is 25.6 Å². The van der Waals surface area contributed by atoms with Gasteiger partial charge in [-0.1, -0.05) is 12.6 Å². The number of benzene rings is 1. The average Bonchev–Trinajstić information content (AvgIpc) is 2.55. The smallest absolute Gasteiger partial charge is 0.414 e. The monoisotopic (exact) mass is 352 g/mol. The van der Waals surface area contributed by atoms with Crippen molar-refractivity contribution in [1.82, 2.24) is 5.32 Å². The molecule has 0 saturated carbocycles. The quantitative estimate of drug-likeness (QED) is 0.318. The summed E-state index contributed by atoms with van der Waals surface area (Å²) in [5.41, 5.74) is 3.23. The lowest BCUT2D eigenvalue weighted by Gasteiger charge is -2.08. The molecule has 0 aromatic heterocycles. The number of hydrogen-bond acceptors (Lipinski definition) is 5. The molecule has 1 aromatic rings. The van der Waals surface area contributed by atoms with Gasteiger partial charge in [0.05, 0.1) is 19.4 Å². The Morgan fingerprint density at radius 3 is 2.32 bits per heavy atom. The highest BCUT2D eigenvalue weighted by molar-refractivity contribution is 6.27. The number of carbonyl (C=O) groups excluding carboxylic acids is 1. The van der Waals surface area contributed by atoms with Crippen LogP contribution in [-0.4, -0.2) is 47.8 Å². The topological polar surface area (TPSA) is 125 Å². The van der Waals surface area contributed by atoms with E-state index in [4.69, 9.17) is 24.5 Å². The molecule has 8 heteroatoms. The van der Waals surface area contributed by atoms with Gasteiger partial charge in [-0.25, -0.2) is 9.59 Å². The van der Waals surface area contributed by atoms with Crippen molar-refractivity contribution in [2.24, 2.45) is 0 Å². The van der Waals surface area contributed by atoms with Crippen molar-refractivity contribution in [2.75, 3.05) is 25.0 Å². The number of nitrogens with one attached hydrogen (secondary N) is 2. The molecular weight excluding hydrogens is 328 g/mol. The molecule has 0 unspecified atom stereocenters. The van der Waals surface area contributed by atoms with Gasteiger partial charge in [0.1, 0.15) is 0 Å². The highest BCUT2D eigenvalue weighted by atomic mass is 16.5. The van der Waals surface area contributed by atoms with Gasteiger partial charge in [0.25, 0.3) is 0 Å². The van der Waals surface area contributed by atoms with Gasteiger partial charge in [0.15, 0.2) is 0 Å². The normalized spacial score (nSPS) is 9.36. The molecule has 0 heterocycles. The van der Waals surface area contributed by atoms with Gasteiger partial charge in [0, 0.05) is 5.69 Å². The van der Waals surface area contributed by atoms with Gasteiger partial charge in [-0.05, 0) is 50.1 Å². The summed E-state index contributed by atoms with van der Waals surface area (Å²) in [5, 5.41) is 20.7. The summed E-state index contributed by atoms with van der Waals surface area (Å²) in [4.78, 5) is 29.9. The maximum absolute atomic E-state index is 11.7. The second-order valence-electron chi connectivity index (χ2n) is 5.03. The molecule has 0 aliphatic carbocycles. The maximum atomic E-state index is 11.7. The van der Waals surface area contributed by atoms with Crippen LogP contribution in [0.25, 0.3) is 0 Å². The van der Waals surface area contributed by atoms with Crippen molar-refractivity contribution in [3.05, 3.63) is 42.2 Å². The summed E-state index contributed by atoms with van der Waals surface area (Å²) in [6.45, 7) is 9.21. The lowest BCUT2D eigenvalue weighted by Crippen LogP contribution is -2.29. The lowest BCUT2D eigenvalue weighted by atomic mass is 10.1. The number of carboxylic acids is 2. The molecule has 1 rings (SSSR count). The summed E-state index contributed by atoms with van der Waals surface area (Å²) in [6.07, 6.45) is 2.27. The highest BCUT2D eigenvalue weighted by Gasteiger charge is 2.04. The van der Waals surface area contributed by atoms with E-state index in [0.29, 0.717) is 13.2 Å². The highest BCUT2D eigenvalue weighted by Crippen LogP contribution is 2.13. The molecule has 1 amide bonds. The van der Waals surface area contributed by atoms with Gasteiger partial charge >= 0.3 is 11.9 Å². The first-order valence-electron chi connectivity index (χ1n) is 7.54. The SMILES string of the molecule is C=COCCCNCC(=O)Nc1ccc(C)c(C)c1.O=C(O)C(=O)O. The molecule has 0 aliphatic heterocycles. The molecule has 0 spiro atoms. The van der Waals surface area contributed by atoms with E-state index in [1.165, 1.54) is 17.4 Å². The molecule has 0 bridgehead atoms. The van der Waals surface area contributed by atoms with E-state index in [1.807, 2.05) is 32.0 Å². The third-order valence-electron chi connectivity index (χ3n) is 2.99. The molecule has 0 aliphatic rings. The van der Waals surface area contributed by atoms with Crippen LogP contribution in [-0.2, 0) is 19.1 Å². The second kappa shape index (κ2) is 12.5. The fourth-order valence-corrected chi connectivity index (χ4v) is 1.59. The van der Waals surface area contributed by atoms with Crippen molar-refractivity contribution in [3.8, 4) is 0 Å². The van der Waals surface area contributed by atoms with E-state index in [9.17, 15) is 4.79 Å². The molecule has 0 fully saturated rings. The fourth-order valence-electron chi connectivity index (χ4n) is 1.59. The van der Waals surface area contributed by atoms with Crippen molar-refractivity contribution in [3.63, 3.8) is 0 Å². The predicted octanol–water partition coefficient (Wildman–Crippen LogP) is 1.54. The van der Waals surface area contributed by atoms with Gasteiger partial charge in [-0.15, -0.1) is 0 Å². The Morgan fingerprint density at radius 2 is 1.80 bits per heavy atom. The Bertz CT molecular complexity index is 589. The number of carbonyl (C=O) groups is 3. The summed E-state index contributed by atoms with van der Waals surface area (Å²) in [5.74, 6) is -3.68. The third kappa shape index (κ3) is 11.3. The van der Waals surface area contributed by atoms with E-state index in [1.54, 1.807) is 0 Å². The number of hydrogen-bond donors (Lipinski definition) is 4. The molecule has 138 valence electrons. The number of carboxylic acid groups (broad SMARTS) is 2. The zero-order chi connectivity index (χ0) is 19.2. The van der Waals surface area contributed by atoms with Crippen molar-refractivity contribution < 1.29 is 29.3 Å². The van der Waals surface area contributed by atoms with Crippen molar-refractivity contribution >= 4 is 23.5 Å². The minimum atomic E-state index is -1.82. The van der Waals surface area contributed by atoms with Crippen LogP contribution in [0.1, 0.15) is 17.5 Å². The van der Waals surface area contributed by atoms with E-state index in [-0.39, 0.29) is 5.91 Å². The largest absolute Gasteiger partial charge is 0.502 e. The number of anilines is 1. The number of rotatable bonds is 8. The minimum absolute atomic E-state index is 0.0344. The zero-order valence-corrected chi connectivity index (χ0v) is 14.4. The van der Waals surface area contributed by atoms with E-state index in [0.717, 1.165) is 18.7 Å². The first kappa shape index (κ1) is 22.1. The number of ether oxygens (including phenoxy) is 1. The van der Waals surface area contributed by atoms with E-state index >= 15 is 0 Å². The van der Waals surface area contributed by atoms with Crippen molar-refractivity contribution in [2.45, 2.75) is 20.3 Å². The summed E-state index contributed by atoms with van der Waals surface area (Å²) in [7, 11) is 0. The molecule has 0 atom stereocenters. The summed E-state index contributed by atoms with van der Waals surface area (Å²) in [6, 6.07) is 5.90. The van der Waals surface area contributed by atoms with Crippen LogP contribution < -0.4 is 10.6 Å². The summed E-state index contributed by atoms with van der Waals surface area (Å²) < 4.78 is 4.98. The first-order chi connectivity index (χ1) is 11.8. The number of amides is 1. The second-order valence-corrected chi connectivity index (χ2v) is 5.03. The summed E-state index contributed by atoms with van der Waals surface area (Å²) >= 11 is 0. The average molecular weight is 352 g/mol. The zero-order valence-electron chi connectivity index (χ0n) is 14.4. The van der Waals surface area contributed by atoms with Gasteiger partial charge in [0.2, 0.25) is 5.91 Å². The molecule has 0 radical (unpaired) electrons. The first-order valence-corrected chi connectivity index (χ1v) is 7.54. The van der Waals surface area contributed by atoms with Crippen LogP contribution in [0.4, 0.5) is 5.69 Å². The Labute approximate surface area is 146 Å². The van der Waals surface area contributed by atoms with Crippen LogP contribution in [0.15, 0.2) is 31.0 Å². The molecule has 25 heavy (non-hydrogen) atoms. The maximum Gasteiger partial charge on any atom is 0.414 e. The standard InChI is InChI=1S/C15H22N2O2.C2H2O4/c1-4-19-9-5-8-16-11-15(18)17-14-7-6-12(2)13(3)10-14;3-1(4)2(5)6/h4,6-7,10,16H,1,5,8-9,11H2,2-3H3,(H,17,18);(H,3,4)(H,5,6). The molecule has 4 N–H and O–H groups in total. The molecular formula is C17H24N2O6. The predicted molar refractivity (Wildman–Crippen MR) is 93.5 cm³/mol. The fraction of sp³-hybridized carbons (Fsp3) is 0.353. The van der Waals surface area contributed by atoms with Crippen LogP contribution in [0.5, 0.6) is 0 Å². The molecule has 8 nitrogen and oxygen atoms in total.